The van der Waals surface area contributed by atoms with E-state index in [4.69, 9.17) is 21.0 Å². The maximum atomic E-state index is 12.4. The molecular weight excluding hydrogens is 504 g/mol. The van der Waals surface area contributed by atoms with E-state index in [2.05, 4.69) is 57.5 Å². The normalized spacial score (nSPS) is 15.0. The molecule has 3 heterocycles. The summed E-state index contributed by atoms with van der Waals surface area (Å²) in [6.45, 7) is 9.68. The molecule has 0 unspecified atom stereocenters. The second-order valence-corrected chi connectivity index (χ2v) is 11.1. The highest BCUT2D eigenvalue weighted by atomic mass is 16.6. The van der Waals surface area contributed by atoms with Crippen molar-refractivity contribution in [2.75, 3.05) is 26.2 Å². The molecule has 0 atom stereocenters. The monoisotopic (exact) mass is 540 g/mol. The van der Waals surface area contributed by atoms with Crippen molar-refractivity contribution in [2.24, 2.45) is 10.7 Å². The van der Waals surface area contributed by atoms with Crippen LogP contribution in [0.15, 0.2) is 65.8 Å². The van der Waals surface area contributed by atoms with Crippen LogP contribution in [0.25, 0.3) is 22.0 Å². The number of amides is 1. The highest BCUT2D eigenvalue weighted by Gasteiger charge is 2.26. The summed E-state index contributed by atoms with van der Waals surface area (Å²) in [6.07, 6.45) is 2.73. The second-order valence-electron chi connectivity index (χ2n) is 11.1. The van der Waals surface area contributed by atoms with Crippen LogP contribution in [0.3, 0.4) is 0 Å². The Hall–Kier alpha value is -4.44. The topological polar surface area (TPSA) is 129 Å². The van der Waals surface area contributed by atoms with E-state index in [1.165, 1.54) is 5.56 Å². The van der Waals surface area contributed by atoms with Gasteiger partial charge in [-0.15, -0.1) is 0 Å². The average Bonchev–Trinajstić information content (AvgIpc) is 3.52. The molecule has 0 aliphatic carbocycles. The summed E-state index contributed by atoms with van der Waals surface area (Å²) in [4.78, 5) is 23.9. The van der Waals surface area contributed by atoms with Crippen molar-refractivity contribution in [3.8, 4) is 11.1 Å². The fourth-order valence-electron chi connectivity index (χ4n) is 4.90. The molecule has 1 saturated heterocycles. The first kappa shape index (κ1) is 27.1. The third-order valence-electron chi connectivity index (χ3n) is 6.80. The molecule has 0 radical (unpaired) electrons. The van der Waals surface area contributed by atoms with E-state index in [-0.39, 0.29) is 11.9 Å². The Morgan fingerprint density at radius 2 is 1.85 bits per heavy atom. The first-order valence-electron chi connectivity index (χ1n) is 13.4. The number of hydrogen-bond acceptors (Lipinski definition) is 5. The van der Waals surface area contributed by atoms with Crippen molar-refractivity contribution in [1.29, 1.82) is 5.41 Å². The Balaban J connectivity index is 1.34. The van der Waals surface area contributed by atoms with E-state index in [9.17, 15) is 4.79 Å². The Morgan fingerprint density at radius 1 is 1.10 bits per heavy atom. The quantitative estimate of drug-likeness (QED) is 0.236. The summed E-state index contributed by atoms with van der Waals surface area (Å²) < 4.78 is 7.47. The molecule has 4 aromatic rings. The van der Waals surface area contributed by atoms with Gasteiger partial charge in [0.25, 0.3) is 0 Å². The van der Waals surface area contributed by atoms with Gasteiger partial charge in [-0.2, -0.15) is 5.10 Å². The fraction of sp³-hybridized carbons (Fsp3) is 0.333. The number of aliphatic imine (C=N–C) groups is 1. The smallest absolute Gasteiger partial charge is 0.410 e. The van der Waals surface area contributed by atoms with Crippen LogP contribution in [-0.2, 0) is 17.8 Å². The lowest BCUT2D eigenvalue weighted by Gasteiger charge is -2.35. The van der Waals surface area contributed by atoms with Crippen molar-refractivity contribution < 1.29 is 9.53 Å². The second kappa shape index (κ2) is 11.4. The lowest BCUT2D eigenvalue weighted by Crippen LogP contribution is -2.49. The third-order valence-corrected chi connectivity index (χ3v) is 6.80. The van der Waals surface area contributed by atoms with E-state index in [1.54, 1.807) is 4.90 Å². The fourth-order valence-corrected chi connectivity index (χ4v) is 4.90. The lowest BCUT2D eigenvalue weighted by molar-refractivity contribution is 0.0138. The first-order chi connectivity index (χ1) is 19.2. The summed E-state index contributed by atoms with van der Waals surface area (Å²) in [5.41, 5.74) is 11.4. The number of nitrogens with two attached hydrogens (primary N) is 1. The van der Waals surface area contributed by atoms with Crippen LogP contribution >= 0.6 is 0 Å². The van der Waals surface area contributed by atoms with Crippen molar-refractivity contribution in [1.82, 2.24) is 24.6 Å². The maximum Gasteiger partial charge on any atom is 0.410 e. The van der Waals surface area contributed by atoms with Crippen molar-refractivity contribution in [3.05, 3.63) is 77.7 Å². The van der Waals surface area contributed by atoms with Gasteiger partial charge in [-0.3, -0.25) is 15.0 Å². The van der Waals surface area contributed by atoms with Crippen LogP contribution in [0.4, 0.5) is 4.79 Å². The molecular formula is C30H36N8O2. The highest BCUT2D eigenvalue weighted by Crippen LogP contribution is 2.29. The molecule has 208 valence electrons. The zero-order valence-electron chi connectivity index (χ0n) is 23.2. The predicted molar refractivity (Wildman–Crippen MR) is 158 cm³/mol. The molecule has 0 bridgehead atoms. The van der Waals surface area contributed by atoms with E-state index in [0.717, 1.165) is 47.2 Å². The molecule has 2 aromatic heterocycles. The van der Waals surface area contributed by atoms with Crippen molar-refractivity contribution in [2.45, 2.75) is 39.5 Å². The number of fused-ring (bicyclic) bond motifs is 1. The first-order valence-corrected chi connectivity index (χ1v) is 13.4. The number of nitrogens with one attached hydrogen (secondary N) is 2. The van der Waals surface area contributed by atoms with Gasteiger partial charge in [-0.1, -0.05) is 42.5 Å². The molecule has 10 nitrogen and oxygen atoms in total. The summed E-state index contributed by atoms with van der Waals surface area (Å²) in [5.74, 6) is 0.251. The number of nitrogens with zero attached hydrogens (tertiary/aromatic N) is 5. The van der Waals surface area contributed by atoms with E-state index >= 15 is 0 Å². The SMILES string of the molecule is CC(C)(C)OC(=O)N1CCN(Cc2cc(-c3ccc4cn(Cc5ccccc5)nc4c3)c(C(N)=NC=N)[nH]2)CC1. The molecule has 5 rings (SSSR count). The van der Waals surface area contributed by atoms with Crippen molar-refractivity contribution in [3.63, 3.8) is 0 Å². The molecule has 1 amide bonds. The van der Waals surface area contributed by atoms with Gasteiger partial charge in [0, 0.05) is 55.6 Å². The molecule has 0 saturated carbocycles. The molecule has 1 aliphatic rings. The summed E-state index contributed by atoms with van der Waals surface area (Å²) in [7, 11) is 0. The summed E-state index contributed by atoms with van der Waals surface area (Å²) in [5, 5.41) is 13.3. The van der Waals surface area contributed by atoms with Crippen LogP contribution < -0.4 is 5.73 Å². The Labute approximate surface area is 233 Å². The summed E-state index contributed by atoms with van der Waals surface area (Å²) >= 11 is 0. The van der Waals surface area contributed by atoms with E-state index in [0.29, 0.717) is 31.9 Å². The number of ether oxygens (including phenoxy) is 1. The van der Waals surface area contributed by atoms with Crippen LogP contribution in [0.5, 0.6) is 0 Å². The number of rotatable bonds is 7. The van der Waals surface area contributed by atoms with Gasteiger partial charge in [-0.05, 0) is 44.0 Å². The number of carbonyl (C=O) groups is 1. The summed E-state index contributed by atoms with van der Waals surface area (Å²) in [6, 6.07) is 18.5. The molecule has 1 fully saturated rings. The number of piperazine rings is 1. The van der Waals surface area contributed by atoms with Gasteiger partial charge in [0.2, 0.25) is 0 Å². The number of aromatic amines is 1. The van der Waals surface area contributed by atoms with Crippen LogP contribution in [0.2, 0.25) is 0 Å². The number of aromatic nitrogens is 3. The van der Waals surface area contributed by atoms with Crippen molar-refractivity contribution >= 4 is 29.2 Å². The van der Waals surface area contributed by atoms with Crippen LogP contribution in [0, 0.1) is 5.41 Å². The zero-order valence-corrected chi connectivity index (χ0v) is 23.2. The lowest BCUT2D eigenvalue weighted by atomic mass is 10.0. The zero-order chi connectivity index (χ0) is 28.3. The Kier molecular flexibility index (Phi) is 7.70. The number of amidine groups is 1. The molecule has 40 heavy (non-hydrogen) atoms. The van der Waals surface area contributed by atoms with E-state index < -0.39 is 5.60 Å². The molecule has 2 aromatic carbocycles. The maximum absolute atomic E-state index is 12.4. The van der Waals surface area contributed by atoms with Gasteiger partial charge < -0.3 is 20.4 Å². The largest absolute Gasteiger partial charge is 0.444 e. The number of benzene rings is 2. The van der Waals surface area contributed by atoms with Gasteiger partial charge in [-0.25, -0.2) is 9.79 Å². The van der Waals surface area contributed by atoms with Gasteiger partial charge in [0.05, 0.1) is 17.8 Å². The van der Waals surface area contributed by atoms with Crippen LogP contribution in [0.1, 0.15) is 37.7 Å². The average molecular weight is 541 g/mol. The molecule has 4 N–H and O–H groups in total. The third kappa shape index (κ3) is 6.40. The number of carbonyl (C=O) groups excluding carboxylic acids is 1. The number of hydrogen-bond donors (Lipinski definition) is 3. The van der Waals surface area contributed by atoms with Gasteiger partial charge >= 0.3 is 6.09 Å². The van der Waals surface area contributed by atoms with Gasteiger partial charge in [0.1, 0.15) is 17.8 Å². The number of H-pyrrole nitrogens is 1. The Bertz CT molecular complexity index is 1520. The highest BCUT2D eigenvalue weighted by molar-refractivity contribution is 6.05. The minimum absolute atomic E-state index is 0.251. The minimum Gasteiger partial charge on any atom is -0.444 e. The molecule has 1 aliphatic heterocycles. The van der Waals surface area contributed by atoms with Gasteiger partial charge in [0.15, 0.2) is 0 Å². The molecule has 10 heteroatoms. The van der Waals surface area contributed by atoms with Crippen LogP contribution in [-0.4, -0.2) is 74.6 Å². The van der Waals surface area contributed by atoms with E-state index in [1.807, 2.05) is 43.7 Å². The standard InChI is InChI=1S/C30H36N8O2/c1-30(2,3)40-29(39)37-13-11-36(12-14-37)19-24-16-25(27(34-24)28(32)33-20-31)22-9-10-23-18-38(35-26(23)15-22)17-21-7-5-4-6-8-21/h4-10,15-16,18,20,34H,11-14,17,19H2,1-3H3,(H3,31,32,33). The molecule has 0 spiro atoms. The Morgan fingerprint density at radius 3 is 2.55 bits per heavy atom. The minimum atomic E-state index is -0.508. The predicted octanol–water partition coefficient (Wildman–Crippen LogP) is 4.44.